The predicted octanol–water partition coefficient (Wildman–Crippen LogP) is 3.61. The molecule has 9 heteroatoms. The van der Waals surface area contributed by atoms with Gasteiger partial charge in [0.2, 0.25) is 10.0 Å². The molecule has 2 rings (SSSR count). The van der Waals surface area contributed by atoms with Crippen LogP contribution in [0.15, 0.2) is 30.0 Å². The van der Waals surface area contributed by atoms with E-state index in [2.05, 4.69) is 31.9 Å². The topological polar surface area (TPSA) is 63.4 Å². The Morgan fingerprint density at radius 2 is 2.05 bits per heavy atom. The van der Waals surface area contributed by atoms with Gasteiger partial charge in [-0.25, -0.2) is 8.42 Å². The van der Waals surface area contributed by atoms with Crippen LogP contribution in [0.4, 0.5) is 0 Å². The summed E-state index contributed by atoms with van der Waals surface area (Å²) in [6.07, 6.45) is 0. The first-order chi connectivity index (χ1) is 9.34. The van der Waals surface area contributed by atoms with Crippen LogP contribution < -0.4 is 5.73 Å². The van der Waals surface area contributed by atoms with Crippen LogP contribution in [0.2, 0.25) is 0 Å². The summed E-state index contributed by atoms with van der Waals surface area (Å²) in [6, 6.07) is 3.55. The van der Waals surface area contributed by atoms with Crippen LogP contribution in [0.25, 0.3) is 0 Å². The van der Waals surface area contributed by atoms with E-state index in [4.69, 9.17) is 5.73 Å². The Morgan fingerprint density at radius 1 is 1.35 bits per heavy atom. The summed E-state index contributed by atoms with van der Waals surface area (Å²) in [7, 11) is -1.94. The molecule has 0 aliphatic carbocycles. The maximum atomic E-state index is 12.5. The van der Waals surface area contributed by atoms with Crippen LogP contribution in [-0.2, 0) is 23.1 Å². The summed E-state index contributed by atoms with van der Waals surface area (Å²) in [5.41, 5.74) is 6.51. The van der Waals surface area contributed by atoms with Gasteiger partial charge in [0.25, 0.3) is 0 Å². The summed E-state index contributed by atoms with van der Waals surface area (Å²) in [5.74, 6) is 0. The van der Waals surface area contributed by atoms with Gasteiger partial charge in [0, 0.05) is 25.0 Å². The number of thiophene rings is 2. The fraction of sp³-hybridized carbons (Fsp3) is 0.273. The van der Waals surface area contributed by atoms with Gasteiger partial charge in [-0.15, -0.1) is 22.7 Å². The number of nitrogens with two attached hydrogens (primary N) is 1. The van der Waals surface area contributed by atoms with Gasteiger partial charge in [0.1, 0.15) is 4.90 Å². The molecule has 0 bridgehead atoms. The van der Waals surface area contributed by atoms with E-state index in [1.165, 1.54) is 27.0 Å². The Labute approximate surface area is 142 Å². The van der Waals surface area contributed by atoms with E-state index < -0.39 is 10.0 Å². The van der Waals surface area contributed by atoms with E-state index in [-0.39, 0.29) is 4.90 Å². The lowest BCUT2D eigenvalue weighted by molar-refractivity contribution is 0.467. The van der Waals surface area contributed by atoms with Crippen LogP contribution in [-0.4, -0.2) is 19.8 Å². The monoisotopic (exact) mass is 458 g/mol. The molecule has 110 valence electrons. The molecule has 2 aromatic rings. The van der Waals surface area contributed by atoms with Crippen molar-refractivity contribution < 1.29 is 8.42 Å². The van der Waals surface area contributed by atoms with Crippen molar-refractivity contribution in [1.29, 1.82) is 0 Å². The van der Waals surface area contributed by atoms with Gasteiger partial charge in [0.05, 0.1) is 7.57 Å². The summed E-state index contributed by atoms with van der Waals surface area (Å²) < 4.78 is 28.0. The van der Waals surface area contributed by atoms with Gasteiger partial charge in [-0.1, -0.05) is 0 Å². The highest BCUT2D eigenvalue weighted by Gasteiger charge is 2.25. The maximum Gasteiger partial charge on any atom is 0.245 e. The fourth-order valence-electron chi connectivity index (χ4n) is 1.61. The van der Waals surface area contributed by atoms with Crippen LogP contribution in [0, 0.1) is 0 Å². The number of nitrogens with zero attached hydrogens (tertiary/aromatic N) is 1. The third-order valence-corrected chi connectivity index (χ3v) is 8.25. The molecule has 0 saturated heterocycles. The van der Waals surface area contributed by atoms with Crippen molar-refractivity contribution in [2.24, 2.45) is 5.73 Å². The average Bonchev–Trinajstić information content (AvgIpc) is 2.95. The van der Waals surface area contributed by atoms with E-state index in [0.29, 0.717) is 16.9 Å². The van der Waals surface area contributed by atoms with Crippen LogP contribution >= 0.6 is 54.5 Å². The molecule has 20 heavy (non-hydrogen) atoms. The quantitative estimate of drug-likeness (QED) is 0.742. The third-order valence-electron chi connectivity index (χ3n) is 2.62. The molecule has 0 amide bonds. The lowest BCUT2D eigenvalue weighted by atomic mass is 10.3. The first kappa shape index (κ1) is 16.6. The van der Waals surface area contributed by atoms with Crippen molar-refractivity contribution in [2.75, 3.05) is 7.05 Å². The molecule has 4 nitrogen and oxygen atoms in total. The molecule has 0 fully saturated rings. The normalized spacial score (nSPS) is 12.2. The van der Waals surface area contributed by atoms with E-state index in [0.717, 1.165) is 14.2 Å². The molecule has 0 aliphatic rings. The SMILES string of the molecule is CN(Cc1csc(Br)c1)S(=O)(=O)c1cc(CN)sc1Br. The molecule has 0 radical (unpaired) electrons. The minimum atomic E-state index is -3.52. The molecule has 2 heterocycles. The number of rotatable bonds is 5. The molecule has 0 saturated carbocycles. The summed E-state index contributed by atoms with van der Waals surface area (Å²) in [5, 5.41) is 1.93. The van der Waals surface area contributed by atoms with Gasteiger partial charge < -0.3 is 5.73 Å². The molecule has 0 spiro atoms. The highest BCUT2D eigenvalue weighted by molar-refractivity contribution is 9.11. The molecule has 0 unspecified atom stereocenters. The second-order valence-electron chi connectivity index (χ2n) is 4.07. The van der Waals surface area contributed by atoms with Gasteiger partial charge in [0.15, 0.2) is 0 Å². The van der Waals surface area contributed by atoms with Gasteiger partial charge >= 0.3 is 0 Å². The second kappa shape index (κ2) is 6.55. The lowest BCUT2D eigenvalue weighted by Gasteiger charge is -2.15. The highest BCUT2D eigenvalue weighted by atomic mass is 79.9. The van der Waals surface area contributed by atoms with Crippen LogP contribution in [0.1, 0.15) is 10.4 Å². The standard InChI is InChI=1S/C11H12Br2N2O2S3/c1-15(5-7-2-10(12)18-6-7)20(16,17)9-3-8(4-14)19-11(9)13/h2-3,6H,4-5,14H2,1H3. The Morgan fingerprint density at radius 3 is 2.55 bits per heavy atom. The first-order valence-corrected chi connectivity index (χ1v) is 10.2. The van der Waals surface area contributed by atoms with Crippen molar-refractivity contribution in [2.45, 2.75) is 18.0 Å². The van der Waals surface area contributed by atoms with Crippen LogP contribution in [0.3, 0.4) is 0 Å². The zero-order chi connectivity index (χ0) is 14.9. The summed E-state index contributed by atoms with van der Waals surface area (Å²) >= 11 is 9.56. The molecule has 0 atom stereocenters. The number of sulfonamides is 1. The van der Waals surface area contributed by atoms with Crippen molar-refractivity contribution in [3.8, 4) is 0 Å². The Hall–Kier alpha value is 0.230. The zero-order valence-corrected chi connectivity index (χ0v) is 16.1. The van der Waals surface area contributed by atoms with Crippen molar-refractivity contribution in [3.63, 3.8) is 0 Å². The zero-order valence-electron chi connectivity index (χ0n) is 10.5. The van der Waals surface area contributed by atoms with Gasteiger partial charge in [-0.2, -0.15) is 4.31 Å². The molecular weight excluding hydrogens is 448 g/mol. The molecule has 0 aliphatic heterocycles. The number of halogens is 2. The predicted molar refractivity (Wildman–Crippen MR) is 90.6 cm³/mol. The van der Waals surface area contributed by atoms with E-state index >= 15 is 0 Å². The highest BCUT2D eigenvalue weighted by Crippen LogP contribution is 2.33. The lowest BCUT2D eigenvalue weighted by Crippen LogP contribution is -2.26. The van der Waals surface area contributed by atoms with Crippen molar-refractivity contribution in [3.05, 3.63) is 35.5 Å². The van der Waals surface area contributed by atoms with Gasteiger partial charge in [-0.05, 0) is 54.9 Å². The Balaban J connectivity index is 2.26. The van der Waals surface area contributed by atoms with Crippen molar-refractivity contribution in [1.82, 2.24) is 4.31 Å². The molecule has 2 N–H and O–H groups in total. The smallest absolute Gasteiger partial charge is 0.245 e. The Bertz CT molecular complexity index is 709. The third kappa shape index (κ3) is 3.52. The van der Waals surface area contributed by atoms with Crippen LogP contribution in [0.5, 0.6) is 0 Å². The number of hydrogen-bond donors (Lipinski definition) is 1. The summed E-state index contributed by atoms with van der Waals surface area (Å²) in [6.45, 7) is 0.671. The van der Waals surface area contributed by atoms with E-state index in [1.54, 1.807) is 13.1 Å². The molecule has 2 aromatic heterocycles. The average molecular weight is 460 g/mol. The Kier molecular flexibility index (Phi) is 5.44. The number of hydrogen-bond acceptors (Lipinski definition) is 5. The van der Waals surface area contributed by atoms with Crippen molar-refractivity contribution >= 4 is 64.6 Å². The maximum absolute atomic E-state index is 12.5. The molecular formula is C11H12Br2N2O2S3. The second-order valence-corrected chi connectivity index (χ2v) is 10.8. The van der Waals surface area contributed by atoms with Gasteiger partial charge in [-0.3, -0.25) is 0 Å². The minimum absolute atomic E-state index is 0.278. The van der Waals surface area contributed by atoms with E-state index in [9.17, 15) is 8.42 Å². The summed E-state index contributed by atoms with van der Waals surface area (Å²) in [4.78, 5) is 1.11. The first-order valence-electron chi connectivity index (χ1n) is 5.52. The molecule has 0 aromatic carbocycles. The minimum Gasteiger partial charge on any atom is -0.326 e. The largest absolute Gasteiger partial charge is 0.326 e. The fourth-order valence-corrected chi connectivity index (χ4v) is 6.48. The van der Waals surface area contributed by atoms with E-state index in [1.807, 2.05) is 11.4 Å².